The number of nitrogens with two attached hydrogens (primary N) is 1. The average molecular weight is 314 g/mol. The highest BCUT2D eigenvalue weighted by molar-refractivity contribution is 5.54. The third-order valence-electron chi connectivity index (χ3n) is 3.73. The first-order chi connectivity index (χ1) is 11.1. The van der Waals surface area contributed by atoms with E-state index in [1.807, 2.05) is 31.2 Å². The van der Waals surface area contributed by atoms with E-state index in [1.165, 1.54) is 11.1 Å². The van der Waals surface area contributed by atoms with Crippen LogP contribution in [0.25, 0.3) is 0 Å². The van der Waals surface area contributed by atoms with Gasteiger partial charge < -0.3 is 20.5 Å². The molecule has 1 unspecified atom stereocenters. The third-order valence-corrected chi connectivity index (χ3v) is 3.73. The van der Waals surface area contributed by atoms with Crippen molar-refractivity contribution in [1.82, 2.24) is 5.32 Å². The molecule has 0 radical (unpaired) electrons. The predicted molar refractivity (Wildman–Crippen MR) is 95.0 cm³/mol. The number of nitrogen functional groups attached to an aromatic ring is 1. The molecule has 0 fully saturated rings. The molecule has 0 amide bonds. The van der Waals surface area contributed by atoms with Crippen molar-refractivity contribution in [2.45, 2.75) is 32.9 Å². The highest BCUT2D eigenvalue weighted by Gasteiger charge is 2.06. The van der Waals surface area contributed by atoms with Gasteiger partial charge in [-0.1, -0.05) is 18.2 Å². The van der Waals surface area contributed by atoms with E-state index in [2.05, 4.69) is 30.4 Å². The van der Waals surface area contributed by atoms with E-state index in [0.717, 1.165) is 24.5 Å². The standard InChI is InChI=1S/C19H26N2O2/c1-4-23-19-10-7-16(12-18(19)20)11-14(2)21-13-15-5-8-17(22-3)9-6-15/h5-10,12,14,21H,4,11,13,20H2,1-3H3. The van der Waals surface area contributed by atoms with Crippen LogP contribution in [0, 0.1) is 0 Å². The van der Waals surface area contributed by atoms with Crippen molar-refractivity contribution in [2.24, 2.45) is 0 Å². The van der Waals surface area contributed by atoms with Gasteiger partial charge in [0.15, 0.2) is 0 Å². The number of hydrogen-bond donors (Lipinski definition) is 2. The topological polar surface area (TPSA) is 56.5 Å². The zero-order valence-electron chi connectivity index (χ0n) is 14.1. The average Bonchev–Trinajstić information content (AvgIpc) is 2.56. The molecule has 0 spiro atoms. The molecule has 4 nitrogen and oxygen atoms in total. The van der Waals surface area contributed by atoms with Crippen LogP contribution in [0.5, 0.6) is 11.5 Å². The summed E-state index contributed by atoms with van der Waals surface area (Å²) in [6.45, 7) is 5.59. The second-order valence-electron chi connectivity index (χ2n) is 5.64. The van der Waals surface area contributed by atoms with Gasteiger partial charge in [-0.05, 0) is 55.7 Å². The van der Waals surface area contributed by atoms with Crippen molar-refractivity contribution in [2.75, 3.05) is 19.5 Å². The summed E-state index contributed by atoms with van der Waals surface area (Å²) in [7, 11) is 1.68. The summed E-state index contributed by atoms with van der Waals surface area (Å²) in [5.74, 6) is 1.64. The molecule has 0 bridgehead atoms. The minimum absolute atomic E-state index is 0.356. The van der Waals surface area contributed by atoms with Crippen molar-refractivity contribution in [3.05, 3.63) is 53.6 Å². The Morgan fingerprint density at radius 3 is 2.39 bits per heavy atom. The Balaban J connectivity index is 1.86. The molecule has 1 atom stereocenters. The largest absolute Gasteiger partial charge is 0.497 e. The smallest absolute Gasteiger partial charge is 0.142 e. The van der Waals surface area contributed by atoms with Gasteiger partial charge in [0.25, 0.3) is 0 Å². The Labute approximate surface area is 138 Å². The highest BCUT2D eigenvalue weighted by atomic mass is 16.5. The van der Waals surface area contributed by atoms with Gasteiger partial charge in [0.05, 0.1) is 19.4 Å². The fourth-order valence-corrected chi connectivity index (χ4v) is 2.47. The van der Waals surface area contributed by atoms with Gasteiger partial charge in [-0.2, -0.15) is 0 Å². The molecule has 124 valence electrons. The first kappa shape index (κ1) is 17.2. The predicted octanol–water partition coefficient (Wildman–Crippen LogP) is 3.40. The van der Waals surface area contributed by atoms with Gasteiger partial charge in [0.2, 0.25) is 0 Å². The summed E-state index contributed by atoms with van der Waals surface area (Å²) in [6.07, 6.45) is 0.923. The second-order valence-corrected chi connectivity index (χ2v) is 5.64. The number of nitrogens with one attached hydrogen (secondary N) is 1. The molecule has 2 rings (SSSR count). The molecule has 4 heteroatoms. The van der Waals surface area contributed by atoms with Gasteiger partial charge in [0, 0.05) is 12.6 Å². The highest BCUT2D eigenvalue weighted by Crippen LogP contribution is 2.23. The Morgan fingerprint density at radius 1 is 1.09 bits per heavy atom. The van der Waals surface area contributed by atoms with Crippen LogP contribution in [0.2, 0.25) is 0 Å². The summed E-state index contributed by atoms with van der Waals surface area (Å²) in [5, 5.41) is 3.53. The summed E-state index contributed by atoms with van der Waals surface area (Å²) < 4.78 is 10.6. The molecule has 0 saturated carbocycles. The minimum Gasteiger partial charge on any atom is -0.497 e. The van der Waals surface area contributed by atoms with Crippen LogP contribution >= 0.6 is 0 Å². The molecule has 2 aromatic rings. The van der Waals surface area contributed by atoms with E-state index < -0.39 is 0 Å². The molecule has 0 saturated heterocycles. The van der Waals surface area contributed by atoms with Crippen molar-refractivity contribution in [3.63, 3.8) is 0 Å². The van der Waals surface area contributed by atoms with Crippen LogP contribution < -0.4 is 20.5 Å². The SMILES string of the molecule is CCOc1ccc(CC(C)NCc2ccc(OC)cc2)cc1N. The summed E-state index contributed by atoms with van der Waals surface area (Å²) in [5.41, 5.74) is 9.17. The number of benzene rings is 2. The lowest BCUT2D eigenvalue weighted by Gasteiger charge is -2.15. The Kier molecular flexibility index (Phi) is 6.29. The van der Waals surface area contributed by atoms with Gasteiger partial charge in [-0.25, -0.2) is 0 Å². The zero-order valence-corrected chi connectivity index (χ0v) is 14.1. The number of rotatable bonds is 8. The van der Waals surface area contributed by atoms with E-state index in [-0.39, 0.29) is 0 Å². The fraction of sp³-hybridized carbons (Fsp3) is 0.368. The summed E-state index contributed by atoms with van der Waals surface area (Å²) in [6, 6.07) is 14.5. The molecule has 0 aliphatic rings. The van der Waals surface area contributed by atoms with Gasteiger partial charge in [-0.15, -0.1) is 0 Å². The monoisotopic (exact) mass is 314 g/mol. The number of methoxy groups -OCH3 is 1. The Hall–Kier alpha value is -2.20. The molecule has 0 aliphatic carbocycles. The molecule has 0 aromatic heterocycles. The second kappa shape index (κ2) is 8.44. The quantitative estimate of drug-likeness (QED) is 0.733. The van der Waals surface area contributed by atoms with E-state index in [0.29, 0.717) is 18.3 Å². The molecule has 0 aliphatic heterocycles. The van der Waals surface area contributed by atoms with Gasteiger partial charge >= 0.3 is 0 Å². The maximum Gasteiger partial charge on any atom is 0.142 e. The van der Waals surface area contributed by atoms with Crippen LogP contribution in [-0.2, 0) is 13.0 Å². The zero-order chi connectivity index (χ0) is 16.7. The van der Waals surface area contributed by atoms with E-state index in [9.17, 15) is 0 Å². The molecule has 0 heterocycles. The lowest BCUT2D eigenvalue weighted by atomic mass is 10.1. The first-order valence-electron chi connectivity index (χ1n) is 8.00. The maximum atomic E-state index is 6.02. The number of hydrogen-bond acceptors (Lipinski definition) is 4. The molecule has 23 heavy (non-hydrogen) atoms. The van der Waals surface area contributed by atoms with E-state index in [1.54, 1.807) is 7.11 Å². The first-order valence-corrected chi connectivity index (χ1v) is 8.00. The fourth-order valence-electron chi connectivity index (χ4n) is 2.47. The lowest BCUT2D eigenvalue weighted by molar-refractivity contribution is 0.342. The van der Waals surface area contributed by atoms with Crippen LogP contribution in [0.15, 0.2) is 42.5 Å². The van der Waals surface area contributed by atoms with Crippen molar-refractivity contribution < 1.29 is 9.47 Å². The Bertz CT molecular complexity index is 611. The van der Waals surface area contributed by atoms with Crippen LogP contribution in [0.4, 0.5) is 5.69 Å². The molecule has 3 N–H and O–H groups in total. The number of ether oxygens (including phenoxy) is 2. The minimum atomic E-state index is 0.356. The summed E-state index contributed by atoms with van der Waals surface area (Å²) >= 11 is 0. The number of anilines is 1. The Morgan fingerprint density at radius 2 is 1.78 bits per heavy atom. The van der Waals surface area contributed by atoms with Crippen molar-refractivity contribution in [1.29, 1.82) is 0 Å². The molecular formula is C19H26N2O2. The molecular weight excluding hydrogens is 288 g/mol. The van der Waals surface area contributed by atoms with Crippen molar-refractivity contribution in [3.8, 4) is 11.5 Å². The molecule has 2 aromatic carbocycles. The maximum absolute atomic E-state index is 6.02. The van der Waals surface area contributed by atoms with Crippen molar-refractivity contribution >= 4 is 5.69 Å². The normalized spacial score (nSPS) is 12.0. The van der Waals surface area contributed by atoms with E-state index in [4.69, 9.17) is 15.2 Å². The van der Waals surface area contributed by atoms with E-state index >= 15 is 0 Å². The van der Waals surface area contributed by atoms with Gasteiger partial charge in [-0.3, -0.25) is 0 Å². The van der Waals surface area contributed by atoms with Crippen LogP contribution in [0.1, 0.15) is 25.0 Å². The lowest BCUT2D eigenvalue weighted by Crippen LogP contribution is -2.27. The van der Waals surface area contributed by atoms with Crippen LogP contribution in [-0.4, -0.2) is 19.8 Å². The van der Waals surface area contributed by atoms with Crippen LogP contribution in [0.3, 0.4) is 0 Å². The third kappa shape index (κ3) is 5.18. The summed E-state index contributed by atoms with van der Waals surface area (Å²) in [4.78, 5) is 0. The van der Waals surface area contributed by atoms with Gasteiger partial charge in [0.1, 0.15) is 11.5 Å².